The van der Waals surface area contributed by atoms with Crippen LogP contribution in [0.2, 0.25) is 0 Å². The fraction of sp³-hybridized carbons (Fsp3) is 0.371. The molecule has 0 radical (unpaired) electrons. The van der Waals surface area contributed by atoms with E-state index in [2.05, 4.69) is 34.1 Å². The van der Waals surface area contributed by atoms with Crippen LogP contribution in [0.5, 0.6) is 11.5 Å². The number of unbranched alkanes of at least 4 members (excludes halogenated alkanes) is 3. The van der Waals surface area contributed by atoms with E-state index in [1.165, 1.54) is 11.1 Å². The van der Waals surface area contributed by atoms with Crippen molar-refractivity contribution in [2.45, 2.75) is 65.8 Å². The fourth-order valence-electron chi connectivity index (χ4n) is 5.17. The van der Waals surface area contributed by atoms with E-state index in [-0.39, 0.29) is 5.91 Å². The van der Waals surface area contributed by atoms with Gasteiger partial charge in [0.2, 0.25) is 0 Å². The second-order valence-corrected chi connectivity index (χ2v) is 10.5. The second kappa shape index (κ2) is 15.1. The maximum Gasteiger partial charge on any atom is 0.251 e. The van der Waals surface area contributed by atoms with Crippen molar-refractivity contribution >= 4 is 23.0 Å². The van der Waals surface area contributed by atoms with E-state index in [1.807, 2.05) is 69.3 Å². The normalized spacial score (nSPS) is 11.3. The summed E-state index contributed by atoms with van der Waals surface area (Å²) < 4.78 is 13.9. The van der Waals surface area contributed by atoms with Crippen LogP contribution < -0.4 is 14.8 Å². The number of hydrogen-bond donors (Lipinski definition) is 1. The van der Waals surface area contributed by atoms with Crippen LogP contribution in [-0.2, 0) is 13.0 Å². The number of para-hydroxylation sites is 2. The molecule has 0 saturated carbocycles. The van der Waals surface area contributed by atoms with E-state index in [4.69, 9.17) is 14.5 Å². The third-order valence-corrected chi connectivity index (χ3v) is 7.30. The molecule has 0 spiro atoms. The zero-order valence-electron chi connectivity index (χ0n) is 24.9. The van der Waals surface area contributed by atoms with Gasteiger partial charge in [-0.2, -0.15) is 0 Å². The van der Waals surface area contributed by atoms with Crippen molar-refractivity contribution in [3.63, 3.8) is 0 Å². The van der Waals surface area contributed by atoms with Crippen molar-refractivity contribution in [2.75, 3.05) is 20.3 Å². The Morgan fingerprint density at radius 3 is 2.61 bits per heavy atom. The van der Waals surface area contributed by atoms with Gasteiger partial charge in [-0.1, -0.05) is 54.5 Å². The molecule has 1 amide bonds. The number of nitrogens with one attached hydrogen (secondary N) is 1. The average molecular weight is 554 g/mol. The molecular formula is C35H43N3O3. The standard InChI is InChI=1S/C35H43N3O3/c1-5-13-28-18-20-32(33(25-28)40-4)41-23-12-11-22-38-31-15-9-8-14-30(31)37-34(38)16-7-6-10-21-36-35(39)29-19-17-26(2)24-27(29)3/h5,8-9,13-15,17-20,24-25H,6-7,10-12,16,21-23H2,1-4H3,(H,36,39)/b13-5+. The highest BCUT2D eigenvalue weighted by atomic mass is 16.5. The summed E-state index contributed by atoms with van der Waals surface area (Å²) in [5.74, 6) is 2.68. The minimum atomic E-state index is 0.0115. The van der Waals surface area contributed by atoms with Crippen LogP contribution in [0, 0.1) is 13.8 Å². The summed E-state index contributed by atoms with van der Waals surface area (Å²) in [5.41, 5.74) is 6.28. The quantitative estimate of drug-likeness (QED) is 0.153. The first kappa shape index (κ1) is 29.9. The summed E-state index contributed by atoms with van der Waals surface area (Å²) in [5, 5.41) is 3.08. The van der Waals surface area contributed by atoms with E-state index < -0.39 is 0 Å². The molecule has 4 rings (SSSR count). The van der Waals surface area contributed by atoms with Crippen molar-refractivity contribution in [1.82, 2.24) is 14.9 Å². The maximum atomic E-state index is 12.5. The van der Waals surface area contributed by atoms with Gasteiger partial charge < -0.3 is 19.4 Å². The van der Waals surface area contributed by atoms with Gasteiger partial charge in [-0.25, -0.2) is 4.98 Å². The minimum absolute atomic E-state index is 0.0115. The molecule has 0 aliphatic rings. The van der Waals surface area contributed by atoms with Crippen LogP contribution in [0.3, 0.4) is 0 Å². The van der Waals surface area contributed by atoms with Gasteiger partial charge >= 0.3 is 0 Å². The molecule has 4 aromatic rings. The number of aromatic nitrogens is 2. The first-order valence-electron chi connectivity index (χ1n) is 14.7. The molecule has 1 aromatic heterocycles. The second-order valence-electron chi connectivity index (χ2n) is 10.5. The number of hydrogen-bond acceptors (Lipinski definition) is 4. The molecule has 1 heterocycles. The number of rotatable bonds is 15. The van der Waals surface area contributed by atoms with E-state index in [0.29, 0.717) is 13.2 Å². The lowest BCUT2D eigenvalue weighted by molar-refractivity contribution is 0.0952. The number of carbonyl (C=O) groups is 1. The number of benzene rings is 3. The Balaban J connectivity index is 1.24. The molecule has 6 nitrogen and oxygen atoms in total. The summed E-state index contributed by atoms with van der Waals surface area (Å²) >= 11 is 0. The molecule has 6 heteroatoms. The summed E-state index contributed by atoms with van der Waals surface area (Å²) in [6.07, 6.45) is 9.94. The third-order valence-electron chi connectivity index (χ3n) is 7.30. The fourth-order valence-corrected chi connectivity index (χ4v) is 5.17. The van der Waals surface area contributed by atoms with Crippen LogP contribution >= 0.6 is 0 Å². The highest BCUT2D eigenvalue weighted by molar-refractivity contribution is 5.95. The first-order valence-corrected chi connectivity index (χ1v) is 14.7. The van der Waals surface area contributed by atoms with Crippen molar-refractivity contribution in [2.24, 2.45) is 0 Å². The van der Waals surface area contributed by atoms with Crippen LogP contribution in [0.15, 0.2) is 66.7 Å². The van der Waals surface area contributed by atoms with E-state index in [1.54, 1.807) is 7.11 Å². The lowest BCUT2D eigenvalue weighted by Crippen LogP contribution is -2.25. The van der Waals surface area contributed by atoms with E-state index in [0.717, 1.165) is 84.6 Å². The number of nitrogens with zero attached hydrogens (tertiary/aromatic N) is 2. The van der Waals surface area contributed by atoms with Gasteiger partial charge in [-0.15, -0.1) is 0 Å². The molecule has 0 aliphatic heterocycles. The Hall–Kier alpha value is -4.06. The van der Waals surface area contributed by atoms with E-state index >= 15 is 0 Å². The predicted octanol–water partition coefficient (Wildman–Crippen LogP) is 7.70. The maximum absolute atomic E-state index is 12.5. The molecule has 216 valence electrons. The van der Waals surface area contributed by atoms with Crippen molar-refractivity contribution < 1.29 is 14.3 Å². The van der Waals surface area contributed by atoms with E-state index in [9.17, 15) is 4.79 Å². The zero-order valence-corrected chi connectivity index (χ0v) is 24.9. The summed E-state index contributed by atoms with van der Waals surface area (Å²) in [7, 11) is 1.68. The highest BCUT2D eigenvalue weighted by Crippen LogP contribution is 2.29. The van der Waals surface area contributed by atoms with Crippen LogP contribution in [0.4, 0.5) is 0 Å². The van der Waals surface area contributed by atoms with Gasteiger partial charge in [0.1, 0.15) is 5.82 Å². The molecule has 41 heavy (non-hydrogen) atoms. The first-order chi connectivity index (χ1) is 20.0. The number of methoxy groups -OCH3 is 1. The Kier molecular flexibility index (Phi) is 11.0. The van der Waals surface area contributed by atoms with Gasteiger partial charge in [0.05, 0.1) is 24.8 Å². The van der Waals surface area contributed by atoms with Crippen molar-refractivity contribution in [3.8, 4) is 11.5 Å². The van der Waals surface area contributed by atoms with Gasteiger partial charge in [0.25, 0.3) is 5.91 Å². The molecule has 0 aliphatic carbocycles. The van der Waals surface area contributed by atoms with Crippen LogP contribution in [0.25, 0.3) is 17.1 Å². The predicted molar refractivity (Wildman–Crippen MR) is 168 cm³/mol. The highest BCUT2D eigenvalue weighted by Gasteiger charge is 2.11. The SMILES string of the molecule is C/C=C/c1ccc(OCCCCn2c(CCCCCNC(=O)c3ccc(C)cc3C)nc3ccccc32)c(OC)c1. The number of aryl methyl sites for hydroxylation is 4. The lowest BCUT2D eigenvalue weighted by Gasteiger charge is -2.12. The summed E-state index contributed by atoms with van der Waals surface area (Å²) in [6, 6.07) is 20.3. The van der Waals surface area contributed by atoms with Gasteiger partial charge in [0.15, 0.2) is 11.5 Å². The number of allylic oxidation sites excluding steroid dienone is 1. The largest absolute Gasteiger partial charge is 0.493 e. The van der Waals surface area contributed by atoms with Crippen LogP contribution in [0.1, 0.15) is 71.9 Å². The molecule has 0 atom stereocenters. The lowest BCUT2D eigenvalue weighted by atomic mass is 10.1. The third kappa shape index (κ3) is 8.23. The zero-order chi connectivity index (χ0) is 29.0. The molecule has 0 fully saturated rings. The smallest absolute Gasteiger partial charge is 0.251 e. The van der Waals surface area contributed by atoms with Gasteiger partial charge in [-0.3, -0.25) is 4.79 Å². The Labute approximate surface area is 244 Å². The molecule has 1 N–H and O–H groups in total. The van der Waals surface area contributed by atoms with Gasteiger partial charge in [0, 0.05) is 25.1 Å². The van der Waals surface area contributed by atoms with Crippen molar-refractivity contribution in [1.29, 1.82) is 0 Å². The van der Waals surface area contributed by atoms with Crippen molar-refractivity contribution in [3.05, 3.63) is 94.8 Å². The molecule has 3 aromatic carbocycles. The number of fused-ring (bicyclic) bond motifs is 1. The minimum Gasteiger partial charge on any atom is -0.493 e. The number of imidazole rings is 1. The molecule has 0 bridgehead atoms. The monoisotopic (exact) mass is 553 g/mol. The number of amides is 1. The number of ether oxygens (including phenoxy) is 2. The number of carbonyl (C=O) groups excluding carboxylic acids is 1. The Morgan fingerprint density at radius 1 is 0.951 bits per heavy atom. The molecular weight excluding hydrogens is 510 g/mol. The summed E-state index contributed by atoms with van der Waals surface area (Å²) in [6.45, 7) is 8.26. The Morgan fingerprint density at radius 2 is 1.80 bits per heavy atom. The summed E-state index contributed by atoms with van der Waals surface area (Å²) in [4.78, 5) is 17.5. The average Bonchev–Trinajstić information content (AvgIpc) is 3.32. The molecule has 0 unspecified atom stereocenters. The van der Waals surface area contributed by atoms with Gasteiger partial charge in [-0.05, 0) is 87.9 Å². The molecule has 0 saturated heterocycles. The van der Waals surface area contributed by atoms with Crippen LogP contribution in [-0.4, -0.2) is 35.7 Å². The Bertz CT molecular complexity index is 1470. The topological polar surface area (TPSA) is 65.4 Å².